The molecule has 0 heterocycles. The number of aryl methyl sites for hydroxylation is 1. The van der Waals surface area contributed by atoms with Crippen molar-refractivity contribution in [2.45, 2.75) is 25.6 Å². The van der Waals surface area contributed by atoms with Gasteiger partial charge in [-0.25, -0.2) is 4.79 Å². The van der Waals surface area contributed by atoms with Crippen molar-refractivity contribution in [2.75, 3.05) is 6.61 Å². The first-order chi connectivity index (χ1) is 12.2. The van der Waals surface area contributed by atoms with Crippen LogP contribution in [0.25, 0.3) is 0 Å². The number of aliphatic hydroxyl groups is 1. The van der Waals surface area contributed by atoms with Crippen LogP contribution in [0.4, 0.5) is 18.9 Å². The van der Waals surface area contributed by atoms with E-state index in [1.54, 1.807) is 13.1 Å². The summed E-state index contributed by atoms with van der Waals surface area (Å²) in [5, 5.41) is 10.1. The number of hydrogen-bond acceptors (Lipinski definition) is 4. The largest absolute Gasteiger partial charge is 0.463 e. The first kappa shape index (κ1) is 19.7. The predicted octanol–water partition coefficient (Wildman–Crippen LogP) is 4.06. The van der Waals surface area contributed by atoms with Gasteiger partial charge in [0.15, 0.2) is 0 Å². The number of alkyl halides is 3. The number of ether oxygens (including phenoxy) is 1. The normalized spacial score (nSPS) is 14.2. The molecule has 0 bridgehead atoms. The topological polar surface area (TPSA) is 58.9 Å². The van der Waals surface area contributed by atoms with Crippen LogP contribution in [0, 0.1) is 6.92 Å². The number of halogens is 3. The number of rotatable bonds is 5. The third kappa shape index (κ3) is 3.94. The summed E-state index contributed by atoms with van der Waals surface area (Å²) >= 11 is 0. The SMILES string of the molecule is CCOC(=O)[C@](O)(c1ccc(N=Cc2ccccc2)c(C)c1)C(F)(F)F. The average molecular weight is 365 g/mol. The highest BCUT2D eigenvalue weighted by Crippen LogP contribution is 2.41. The Labute approximate surface area is 149 Å². The van der Waals surface area contributed by atoms with Gasteiger partial charge in [0.1, 0.15) is 0 Å². The van der Waals surface area contributed by atoms with Crippen molar-refractivity contribution in [1.29, 1.82) is 0 Å². The van der Waals surface area contributed by atoms with Crippen molar-refractivity contribution in [2.24, 2.45) is 4.99 Å². The third-order valence-electron chi connectivity index (χ3n) is 3.75. The molecule has 0 fully saturated rings. The highest BCUT2D eigenvalue weighted by molar-refractivity contribution is 5.84. The van der Waals surface area contributed by atoms with E-state index in [-0.39, 0.29) is 6.61 Å². The minimum atomic E-state index is -5.22. The van der Waals surface area contributed by atoms with Crippen molar-refractivity contribution in [3.8, 4) is 0 Å². The van der Waals surface area contributed by atoms with E-state index in [1.807, 2.05) is 30.3 Å². The molecule has 2 aromatic carbocycles. The molecule has 0 aliphatic heterocycles. The number of esters is 1. The number of carbonyl (C=O) groups is 1. The van der Waals surface area contributed by atoms with Crippen molar-refractivity contribution in [3.05, 3.63) is 65.2 Å². The minimum Gasteiger partial charge on any atom is -0.463 e. The van der Waals surface area contributed by atoms with E-state index in [1.165, 1.54) is 13.0 Å². The second-order valence-corrected chi connectivity index (χ2v) is 5.60. The van der Waals surface area contributed by atoms with Crippen LogP contribution in [0.2, 0.25) is 0 Å². The number of nitrogens with zero attached hydrogens (tertiary/aromatic N) is 1. The molecule has 2 aromatic rings. The Balaban J connectivity index is 2.40. The fourth-order valence-electron chi connectivity index (χ4n) is 2.34. The van der Waals surface area contributed by atoms with E-state index in [0.29, 0.717) is 11.3 Å². The average Bonchev–Trinajstić information content (AvgIpc) is 2.60. The smallest absolute Gasteiger partial charge is 0.432 e. The quantitative estimate of drug-likeness (QED) is 0.642. The van der Waals surface area contributed by atoms with E-state index >= 15 is 0 Å². The summed E-state index contributed by atoms with van der Waals surface area (Å²) in [5.41, 5.74) is -2.71. The summed E-state index contributed by atoms with van der Waals surface area (Å²) in [4.78, 5) is 16.0. The zero-order chi connectivity index (χ0) is 19.4. The van der Waals surface area contributed by atoms with Gasteiger partial charge in [-0.2, -0.15) is 13.2 Å². The Morgan fingerprint density at radius 1 is 1.19 bits per heavy atom. The van der Waals surface area contributed by atoms with Crippen molar-refractivity contribution >= 4 is 17.9 Å². The standard InChI is InChI=1S/C19H18F3NO3/c1-3-26-17(24)18(25,19(20,21)22)15-9-10-16(13(2)11-15)23-12-14-7-5-4-6-8-14/h4-12,25H,3H2,1-2H3/t18-/m1/s1. The van der Waals surface area contributed by atoms with Gasteiger partial charge < -0.3 is 9.84 Å². The molecule has 0 unspecified atom stereocenters. The van der Waals surface area contributed by atoms with Crippen LogP contribution in [0.15, 0.2) is 53.5 Å². The monoisotopic (exact) mass is 365 g/mol. The van der Waals surface area contributed by atoms with Gasteiger partial charge in [-0.3, -0.25) is 4.99 Å². The Hall–Kier alpha value is -2.67. The summed E-state index contributed by atoms with van der Waals surface area (Å²) in [6, 6.07) is 12.6. The molecule has 0 aromatic heterocycles. The molecule has 2 rings (SSSR count). The van der Waals surface area contributed by atoms with Gasteiger partial charge in [0, 0.05) is 11.8 Å². The molecule has 0 saturated heterocycles. The molecular formula is C19H18F3NO3. The fourth-order valence-corrected chi connectivity index (χ4v) is 2.34. The maximum atomic E-state index is 13.4. The Morgan fingerprint density at radius 3 is 2.38 bits per heavy atom. The van der Waals surface area contributed by atoms with E-state index in [2.05, 4.69) is 9.73 Å². The minimum absolute atomic E-state index is 0.282. The Morgan fingerprint density at radius 2 is 1.85 bits per heavy atom. The molecule has 26 heavy (non-hydrogen) atoms. The van der Waals surface area contributed by atoms with Crippen LogP contribution < -0.4 is 0 Å². The summed E-state index contributed by atoms with van der Waals surface area (Å²) in [5.74, 6) is -1.76. The van der Waals surface area contributed by atoms with Crippen LogP contribution >= 0.6 is 0 Å². The van der Waals surface area contributed by atoms with Crippen LogP contribution in [0.3, 0.4) is 0 Å². The number of carbonyl (C=O) groups excluding carboxylic acids is 1. The second-order valence-electron chi connectivity index (χ2n) is 5.60. The fraction of sp³-hybridized carbons (Fsp3) is 0.263. The van der Waals surface area contributed by atoms with Crippen molar-refractivity contribution in [1.82, 2.24) is 0 Å². The van der Waals surface area contributed by atoms with E-state index in [0.717, 1.165) is 17.7 Å². The third-order valence-corrected chi connectivity index (χ3v) is 3.75. The molecule has 1 atom stereocenters. The van der Waals surface area contributed by atoms with Crippen molar-refractivity contribution < 1.29 is 27.8 Å². The zero-order valence-electron chi connectivity index (χ0n) is 14.2. The van der Waals surface area contributed by atoms with Crippen LogP contribution in [0.1, 0.15) is 23.6 Å². The Kier molecular flexibility index (Phi) is 5.82. The highest BCUT2D eigenvalue weighted by Gasteiger charge is 2.62. The summed E-state index contributed by atoms with van der Waals surface area (Å²) < 4.78 is 44.6. The molecular weight excluding hydrogens is 347 g/mol. The number of hydrogen-bond donors (Lipinski definition) is 1. The van der Waals surface area contributed by atoms with Gasteiger partial charge >= 0.3 is 12.1 Å². The summed E-state index contributed by atoms with van der Waals surface area (Å²) in [6.45, 7) is 2.63. The van der Waals surface area contributed by atoms with Crippen LogP contribution in [-0.4, -0.2) is 30.1 Å². The lowest BCUT2D eigenvalue weighted by atomic mass is 9.91. The number of benzene rings is 2. The first-order valence-corrected chi connectivity index (χ1v) is 7.86. The highest BCUT2D eigenvalue weighted by atomic mass is 19.4. The summed E-state index contributed by atoms with van der Waals surface area (Å²) in [6.07, 6.45) is -3.65. The molecule has 7 heteroatoms. The maximum absolute atomic E-state index is 13.4. The van der Waals surface area contributed by atoms with Gasteiger partial charge in [-0.05, 0) is 31.0 Å². The van der Waals surface area contributed by atoms with Gasteiger partial charge in [-0.1, -0.05) is 42.5 Å². The lowest BCUT2D eigenvalue weighted by Crippen LogP contribution is -2.50. The maximum Gasteiger partial charge on any atom is 0.432 e. The molecule has 0 saturated carbocycles. The lowest BCUT2D eigenvalue weighted by molar-refractivity contribution is -0.267. The van der Waals surface area contributed by atoms with Gasteiger partial charge in [0.05, 0.1) is 12.3 Å². The molecule has 0 aliphatic carbocycles. The van der Waals surface area contributed by atoms with E-state index < -0.39 is 23.3 Å². The molecule has 138 valence electrons. The zero-order valence-corrected chi connectivity index (χ0v) is 14.2. The summed E-state index contributed by atoms with van der Waals surface area (Å²) in [7, 11) is 0. The predicted molar refractivity (Wildman–Crippen MR) is 91.5 cm³/mol. The van der Waals surface area contributed by atoms with Crippen LogP contribution in [0.5, 0.6) is 0 Å². The molecule has 1 N–H and O–H groups in total. The Bertz CT molecular complexity index is 803. The van der Waals surface area contributed by atoms with Crippen LogP contribution in [-0.2, 0) is 15.1 Å². The van der Waals surface area contributed by atoms with Crippen molar-refractivity contribution in [3.63, 3.8) is 0 Å². The molecule has 0 spiro atoms. The number of aliphatic imine (C=N–C) groups is 1. The molecule has 0 radical (unpaired) electrons. The lowest BCUT2D eigenvalue weighted by Gasteiger charge is -2.28. The van der Waals surface area contributed by atoms with E-state index in [9.17, 15) is 23.1 Å². The molecule has 4 nitrogen and oxygen atoms in total. The molecule has 0 amide bonds. The van der Waals surface area contributed by atoms with Gasteiger partial charge in [0.25, 0.3) is 5.60 Å². The van der Waals surface area contributed by atoms with E-state index in [4.69, 9.17) is 0 Å². The van der Waals surface area contributed by atoms with Gasteiger partial charge in [0.2, 0.25) is 0 Å². The first-order valence-electron chi connectivity index (χ1n) is 7.86. The van der Waals surface area contributed by atoms with Gasteiger partial charge in [-0.15, -0.1) is 0 Å². The molecule has 0 aliphatic rings. The second kappa shape index (κ2) is 7.70.